The molecule has 1 fully saturated rings. The number of benzene rings is 1. The predicted octanol–water partition coefficient (Wildman–Crippen LogP) is 4.29. The standard InChI is InChI=1S/C20H24ClN3O3/c1-14-5-6-16(21)12-19(14)22-20(26)24(13-18-4-3-11-27-18)17-7-9-23(10-8-17)15(2)25/h3-6,11-12,17H,7-10,13H2,1-2H3,(H,22,26). The van der Waals surface area contributed by atoms with Crippen LogP contribution in [-0.2, 0) is 11.3 Å². The van der Waals surface area contributed by atoms with Crippen LogP contribution in [0.15, 0.2) is 41.0 Å². The molecule has 1 aromatic heterocycles. The average Bonchev–Trinajstić information content (AvgIpc) is 3.16. The molecule has 0 bridgehead atoms. The molecule has 1 aliphatic rings. The number of aryl methyl sites for hydroxylation is 1. The van der Waals surface area contributed by atoms with Crippen molar-refractivity contribution >= 4 is 29.2 Å². The van der Waals surface area contributed by atoms with Gasteiger partial charge in [-0.15, -0.1) is 0 Å². The third-order valence-electron chi connectivity index (χ3n) is 4.96. The van der Waals surface area contributed by atoms with Gasteiger partial charge in [-0.2, -0.15) is 0 Å². The quantitative estimate of drug-likeness (QED) is 0.848. The van der Waals surface area contributed by atoms with Crippen molar-refractivity contribution in [3.63, 3.8) is 0 Å². The van der Waals surface area contributed by atoms with Crippen LogP contribution < -0.4 is 5.32 Å². The first kappa shape index (κ1) is 19.3. The first-order chi connectivity index (χ1) is 12.9. The van der Waals surface area contributed by atoms with E-state index in [9.17, 15) is 9.59 Å². The molecular weight excluding hydrogens is 366 g/mol. The van der Waals surface area contributed by atoms with E-state index in [0.29, 0.717) is 30.3 Å². The molecular formula is C20H24ClN3O3. The summed E-state index contributed by atoms with van der Waals surface area (Å²) in [6, 6.07) is 8.92. The Bertz CT molecular complexity index is 799. The van der Waals surface area contributed by atoms with Crippen molar-refractivity contribution in [1.82, 2.24) is 9.80 Å². The van der Waals surface area contributed by atoms with Gasteiger partial charge in [0.05, 0.1) is 12.8 Å². The Morgan fingerprint density at radius 3 is 2.67 bits per heavy atom. The number of hydrogen-bond donors (Lipinski definition) is 1. The number of nitrogens with zero attached hydrogens (tertiary/aromatic N) is 2. The van der Waals surface area contributed by atoms with Crippen LogP contribution in [0.5, 0.6) is 0 Å². The van der Waals surface area contributed by atoms with Gasteiger partial charge >= 0.3 is 6.03 Å². The first-order valence-electron chi connectivity index (χ1n) is 9.05. The van der Waals surface area contributed by atoms with Gasteiger partial charge in [0, 0.05) is 36.8 Å². The summed E-state index contributed by atoms with van der Waals surface area (Å²) >= 11 is 6.07. The number of carbonyl (C=O) groups is 2. The van der Waals surface area contributed by atoms with Crippen molar-refractivity contribution < 1.29 is 14.0 Å². The van der Waals surface area contributed by atoms with E-state index in [1.54, 1.807) is 30.2 Å². The fourth-order valence-corrected chi connectivity index (χ4v) is 3.52. The van der Waals surface area contributed by atoms with Gasteiger partial charge in [-0.1, -0.05) is 17.7 Å². The van der Waals surface area contributed by atoms with Crippen molar-refractivity contribution in [2.45, 2.75) is 39.3 Å². The second-order valence-electron chi connectivity index (χ2n) is 6.83. The molecule has 27 heavy (non-hydrogen) atoms. The van der Waals surface area contributed by atoms with E-state index in [1.807, 2.05) is 30.0 Å². The zero-order valence-electron chi connectivity index (χ0n) is 15.6. The Labute approximate surface area is 164 Å². The fraction of sp³-hybridized carbons (Fsp3) is 0.400. The van der Waals surface area contributed by atoms with Crippen LogP contribution in [0.4, 0.5) is 10.5 Å². The molecule has 3 rings (SSSR count). The number of nitrogens with one attached hydrogen (secondary N) is 1. The molecule has 0 saturated carbocycles. The molecule has 6 nitrogen and oxygen atoms in total. The molecule has 1 saturated heterocycles. The Kier molecular flexibility index (Phi) is 6.06. The van der Waals surface area contributed by atoms with E-state index in [1.165, 1.54) is 0 Å². The molecule has 2 aromatic rings. The van der Waals surface area contributed by atoms with Crippen LogP contribution in [0.3, 0.4) is 0 Å². The fourth-order valence-electron chi connectivity index (χ4n) is 3.35. The summed E-state index contributed by atoms with van der Waals surface area (Å²) in [6.07, 6.45) is 3.08. The Morgan fingerprint density at radius 1 is 1.30 bits per heavy atom. The van der Waals surface area contributed by atoms with Crippen LogP contribution in [-0.4, -0.2) is 40.9 Å². The number of urea groups is 1. The Hall–Kier alpha value is -2.47. The summed E-state index contributed by atoms with van der Waals surface area (Å²) in [5, 5.41) is 3.55. The average molecular weight is 390 g/mol. The lowest BCUT2D eigenvalue weighted by molar-refractivity contribution is -0.130. The molecule has 0 spiro atoms. The molecule has 0 radical (unpaired) electrons. The normalized spacial score (nSPS) is 14.9. The second kappa shape index (κ2) is 8.48. The monoisotopic (exact) mass is 389 g/mol. The topological polar surface area (TPSA) is 65.8 Å². The van der Waals surface area contributed by atoms with E-state index in [-0.39, 0.29) is 18.0 Å². The SMILES string of the molecule is CC(=O)N1CCC(N(Cc2ccco2)C(=O)Nc2cc(Cl)ccc2C)CC1. The highest BCUT2D eigenvalue weighted by atomic mass is 35.5. The van der Waals surface area contributed by atoms with Crippen molar-refractivity contribution in [3.05, 3.63) is 52.9 Å². The molecule has 7 heteroatoms. The summed E-state index contributed by atoms with van der Waals surface area (Å²) in [5.41, 5.74) is 1.63. The van der Waals surface area contributed by atoms with E-state index in [4.69, 9.17) is 16.0 Å². The molecule has 144 valence electrons. The summed E-state index contributed by atoms with van der Waals surface area (Å²) in [4.78, 5) is 28.3. The molecule has 0 aliphatic carbocycles. The number of carbonyl (C=O) groups excluding carboxylic acids is 2. The van der Waals surface area contributed by atoms with Gasteiger partial charge in [0.25, 0.3) is 0 Å². The molecule has 1 aromatic carbocycles. The zero-order valence-corrected chi connectivity index (χ0v) is 16.3. The van der Waals surface area contributed by atoms with E-state index in [2.05, 4.69) is 5.32 Å². The smallest absolute Gasteiger partial charge is 0.322 e. The lowest BCUT2D eigenvalue weighted by Crippen LogP contribution is -2.49. The van der Waals surface area contributed by atoms with Crippen molar-refractivity contribution in [1.29, 1.82) is 0 Å². The maximum Gasteiger partial charge on any atom is 0.322 e. The van der Waals surface area contributed by atoms with Crippen molar-refractivity contribution in [2.75, 3.05) is 18.4 Å². The first-order valence-corrected chi connectivity index (χ1v) is 9.43. The van der Waals surface area contributed by atoms with E-state index in [0.717, 1.165) is 24.2 Å². The highest BCUT2D eigenvalue weighted by Gasteiger charge is 2.29. The Morgan fingerprint density at radius 2 is 2.04 bits per heavy atom. The van der Waals surface area contributed by atoms with Gasteiger partial charge in [0.15, 0.2) is 0 Å². The summed E-state index contributed by atoms with van der Waals surface area (Å²) < 4.78 is 5.45. The minimum Gasteiger partial charge on any atom is -0.467 e. The van der Waals surface area contributed by atoms with E-state index < -0.39 is 0 Å². The Balaban J connectivity index is 1.76. The zero-order chi connectivity index (χ0) is 19.4. The summed E-state index contributed by atoms with van der Waals surface area (Å²) in [5.74, 6) is 0.798. The maximum atomic E-state index is 13.1. The maximum absolute atomic E-state index is 13.1. The second-order valence-corrected chi connectivity index (χ2v) is 7.27. The van der Waals surface area contributed by atoms with Gasteiger partial charge in [-0.05, 0) is 49.6 Å². The number of likely N-dealkylation sites (tertiary alicyclic amines) is 1. The lowest BCUT2D eigenvalue weighted by atomic mass is 10.0. The van der Waals surface area contributed by atoms with Gasteiger partial charge in [0.1, 0.15) is 5.76 Å². The third-order valence-corrected chi connectivity index (χ3v) is 5.19. The van der Waals surface area contributed by atoms with Crippen molar-refractivity contribution in [2.24, 2.45) is 0 Å². The van der Waals surface area contributed by atoms with Crippen LogP contribution >= 0.6 is 11.6 Å². The summed E-state index contributed by atoms with van der Waals surface area (Å²) in [6.45, 7) is 5.18. The minimum atomic E-state index is -0.196. The number of halogens is 1. The third kappa shape index (κ3) is 4.83. The number of hydrogen-bond acceptors (Lipinski definition) is 3. The molecule has 0 atom stereocenters. The summed E-state index contributed by atoms with van der Waals surface area (Å²) in [7, 11) is 0. The van der Waals surface area contributed by atoms with Gasteiger partial charge < -0.3 is 19.5 Å². The highest BCUT2D eigenvalue weighted by molar-refractivity contribution is 6.31. The van der Waals surface area contributed by atoms with Crippen LogP contribution in [0.1, 0.15) is 31.1 Å². The minimum absolute atomic E-state index is 0.0326. The van der Waals surface area contributed by atoms with E-state index >= 15 is 0 Å². The number of furan rings is 1. The van der Waals surface area contributed by atoms with Gasteiger partial charge in [0.2, 0.25) is 5.91 Å². The molecule has 0 unspecified atom stereocenters. The molecule has 1 N–H and O–H groups in total. The van der Waals surface area contributed by atoms with Gasteiger partial charge in [-0.25, -0.2) is 4.79 Å². The number of piperidine rings is 1. The van der Waals surface area contributed by atoms with Crippen LogP contribution in [0.2, 0.25) is 5.02 Å². The van der Waals surface area contributed by atoms with Crippen LogP contribution in [0.25, 0.3) is 0 Å². The lowest BCUT2D eigenvalue weighted by Gasteiger charge is -2.38. The number of anilines is 1. The van der Waals surface area contributed by atoms with Crippen LogP contribution in [0, 0.1) is 6.92 Å². The largest absolute Gasteiger partial charge is 0.467 e. The molecule has 1 aliphatic heterocycles. The molecule has 2 heterocycles. The predicted molar refractivity (Wildman–Crippen MR) is 105 cm³/mol. The van der Waals surface area contributed by atoms with Gasteiger partial charge in [-0.3, -0.25) is 4.79 Å². The van der Waals surface area contributed by atoms with Crippen molar-refractivity contribution in [3.8, 4) is 0 Å². The highest BCUT2D eigenvalue weighted by Crippen LogP contribution is 2.24. The number of rotatable bonds is 4. The molecule has 3 amide bonds. The number of amides is 3.